The lowest BCUT2D eigenvalue weighted by Crippen LogP contribution is -2.39. The van der Waals surface area contributed by atoms with Crippen molar-refractivity contribution in [3.05, 3.63) is 64.9 Å². The number of thiophene rings is 1. The molecule has 6 nitrogen and oxygen atoms in total. The topological polar surface area (TPSA) is 67.1 Å². The van der Waals surface area contributed by atoms with Crippen LogP contribution in [0.1, 0.15) is 17.4 Å². The molecule has 2 aromatic heterocycles. The molecule has 2 heterocycles. The molecular formula is C19H25IN6S. The fourth-order valence-electron chi connectivity index (χ4n) is 2.63. The van der Waals surface area contributed by atoms with E-state index in [1.807, 2.05) is 23.5 Å². The Balaban J connectivity index is 0.00000261. The first-order valence-electron chi connectivity index (χ1n) is 8.65. The maximum absolute atomic E-state index is 4.30. The molecule has 0 aliphatic heterocycles. The average Bonchev–Trinajstić information content (AvgIpc) is 3.36. The van der Waals surface area contributed by atoms with Crippen molar-refractivity contribution in [2.45, 2.75) is 19.9 Å². The highest BCUT2D eigenvalue weighted by molar-refractivity contribution is 14.0. The van der Waals surface area contributed by atoms with Crippen LogP contribution in [0.25, 0.3) is 5.69 Å². The quantitative estimate of drug-likeness (QED) is 0.299. The van der Waals surface area contributed by atoms with Crippen LogP contribution >= 0.6 is 35.3 Å². The highest BCUT2D eigenvalue weighted by Crippen LogP contribution is 2.13. The van der Waals surface area contributed by atoms with Gasteiger partial charge >= 0.3 is 0 Å². The molecule has 0 aliphatic carbocycles. The Kier molecular flexibility index (Phi) is 8.73. The number of benzene rings is 1. The number of nitrogens with zero attached hydrogens (tertiary/aromatic N) is 4. The fraction of sp³-hybridized carbons (Fsp3) is 0.316. The van der Waals surface area contributed by atoms with Crippen molar-refractivity contribution in [3.63, 3.8) is 0 Å². The maximum atomic E-state index is 4.30. The van der Waals surface area contributed by atoms with E-state index in [1.165, 1.54) is 16.8 Å². The lowest BCUT2D eigenvalue weighted by atomic mass is 10.1. The summed E-state index contributed by atoms with van der Waals surface area (Å²) in [5.74, 6) is 1.37. The van der Waals surface area contributed by atoms with Gasteiger partial charge in [-0.25, -0.2) is 9.67 Å². The summed E-state index contributed by atoms with van der Waals surface area (Å²) in [4.78, 5) is 9.70. The van der Waals surface area contributed by atoms with Crippen molar-refractivity contribution < 1.29 is 0 Å². The fourth-order valence-corrected chi connectivity index (χ4v) is 3.50. The average molecular weight is 496 g/mol. The van der Waals surface area contributed by atoms with E-state index in [0.717, 1.165) is 31.2 Å². The van der Waals surface area contributed by atoms with Gasteiger partial charge in [0.25, 0.3) is 0 Å². The monoisotopic (exact) mass is 496 g/mol. The molecule has 3 rings (SSSR count). The van der Waals surface area contributed by atoms with Crippen molar-refractivity contribution >= 4 is 41.3 Å². The third-order valence-corrected chi connectivity index (χ3v) is 4.95. The van der Waals surface area contributed by atoms with Gasteiger partial charge in [0.2, 0.25) is 0 Å². The first kappa shape index (κ1) is 21.4. The van der Waals surface area contributed by atoms with Gasteiger partial charge in [-0.3, -0.25) is 4.99 Å². The van der Waals surface area contributed by atoms with E-state index in [4.69, 9.17) is 0 Å². The Morgan fingerprint density at radius 1 is 1.22 bits per heavy atom. The van der Waals surface area contributed by atoms with Crippen molar-refractivity contribution in [1.29, 1.82) is 0 Å². The molecule has 27 heavy (non-hydrogen) atoms. The van der Waals surface area contributed by atoms with Crippen LogP contribution in [-0.4, -0.2) is 34.3 Å². The van der Waals surface area contributed by atoms with E-state index in [0.29, 0.717) is 5.92 Å². The molecule has 8 heteroatoms. The summed E-state index contributed by atoms with van der Waals surface area (Å²) in [5, 5.41) is 13.0. The van der Waals surface area contributed by atoms with Crippen LogP contribution in [0.15, 0.2) is 59.4 Å². The minimum Gasteiger partial charge on any atom is -0.356 e. The maximum Gasteiger partial charge on any atom is 0.191 e. The normalized spacial score (nSPS) is 12.3. The van der Waals surface area contributed by atoms with Gasteiger partial charge in [0.05, 0.1) is 5.69 Å². The second-order valence-corrected chi connectivity index (χ2v) is 7.23. The van der Waals surface area contributed by atoms with Gasteiger partial charge in [-0.15, -0.1) is 35.3 Å². The zero-order chi connectivity index (χ0) is 18.2. The molecule has 0 spiro atoms. The van der Waals surface area contributed by atoms with Gasteiger partial charge in [0.1, 0.15) is 12.7 Å². The first-order valence-corrected chi connectivity index (χ1v) is 9.53. The summed E-state index contributed by atoms with van der Waals surface area (Å²) in [7, 11) is 1.80. The van der Waals surface area contributed by atoms with E-state index in [-0.39, 0.29) is 24.0 Å². The summed E-state index contributed by atoms with van der Waals surface area (Å²) >= 11 is 1.82. The highest BCUT2D eigenvalue weighted by atomic mass is 127. The van der Waals surface area contributed by atoms with Gasteiger partial charge in [0, 0.05) is 25.0 Å². The molecule has 1 unspecified atom stereocenters. The van der Waals surface area contributed by atoms with Gasteiger partial charge in [0.15, 0.2) is 5.96 Å². The van der Waals surface area contributed by atoms with E-state index in [1.54, 1.807) is 18.1 Å². The molecule has 0 saturated carbocycles. The van der Waals surface area contributed by atoms with E-state index >= 15 is 0 Å². The highest BCUT2D eigenvalue weighted by Gasteiger charge is 2.06. The second kappa shape index (κ2) is 11.0. The molecule has 0 radical (unpaired) electrons. The molecule has 2 N–H and O–H groups in total. The van der Waals surface area contributed by atoms with Crippen LogP contribution in [0, 0.1) is 5.92 Å². The first-order chi connectivity index (χ1) is 12.7. The number of rotatable bonds is 7. The predicted octanol–water partition coefficient (Wildman–Crippen LogP) is 3.49. The minimum absolute atomic E-state index is 0. The van der Waals surface area contributed by atoms with Gasteiger partial charge in [-0.05, 0) is 41.5 Å². The molecule has 0 fully saturated rings. The number of hydrogen-bond donors (Lipinski definition) is 2. The molecule has 0 saturated heterocycles. The number of aromatic nitrogens is 3. The molecule has 0 bridgehead atoms. The van der Waals surface area contributed by atoms with Crippen LogP contribution in [0.5, 0.6) is 0 Å². The van der Waals surface area contributed by atoms with Crippen LogP contribution in [0.2, 0.25) is 0 Å². The standard InChI is InChI=1S/C19H24N6S.HI/c1-15(10-18-4-3-9-26-18)11-22-19(20-2)23-12-16-5-7-17(8-6-16)25-14-21-13-24-25;/h3-9,13-15H,10-12H2,1-2H3,(H2,20,22,23);1H. The smallest absolute Gasteiger partial charge is 0.191 e. The second-order valence-electron chi connectivity index (χ2n) is 6.20. The molecule has 0 amide bonds. The number of aliphatic imine (C=N–C) groups is 1. The summed E-state index contributed by atoms with van der Waals surface area (Å²) in [6.45, 7) is 3.86. The zero-order valence-corrected chi connectivity index (χ0v) is 18.6. The number of guanidine groups is 1. The Labute approximate surface area is 181 Å². The van der Waals surface area contributed by atoms with Gasteiger partial charge < -0.3 is 10.6 Å². The summed E-state index contributed by atoms with van der Waals surface area (Å²) in [5.41, 5.74) is 2.18. The largest absolute Gasteiger partial charge is 0.356 e. The van der Waals surface area contributed by atoms with Crippen molar-refractivity contribution in [2.24, 2.45) is 10.9 Å². The zero-order valence-electron chi connectivity index (χ0n) is 15.5. The summed E-state index contributed by atoms with van der Waals surface area (Å²) < 4.78 is 1.74. The van der Waals surface area contributed by atoms with Gasteiger partial charge in [-0.1, -0.05) is 25.1 Å². The Morgan fingerprint density at radius 2 is 2.04 bits per heavy atom. The third kappa shape index (κ3) is 6.62. The van der Waals surface area contributed by atoms with E-state index in [2.05, 4.69) is 62.3 Å². The number of halogens is 1. The number of hydrogen-bond acceptors (Lipinski definition) is 4. The molecule has 144 valence electrons. The molecule has 0 aliphatic rings. The lowest BCUT2D eigenvalue weighted by Gasteiger charge is -2.15. The van der Waals surface area contributed by atoms with Crippen molar-refractivity contribution in [3.8, 4) is 5.69 Å². The molecule has 1 aromatic carbocycles. The predicted molar refractivity (Wildman–Crippen MR) is 122 cm³/mol. The molecule has 3 aromatic rings. The minimum atomic E-state index is 0. The summed E-state index contributed by atoms with van der Waals surface area (Å²) in [6, 6.07) is 12.5. The Bertz CT molecular complexity index is 799. The van der Waals surface area contributed by atoms with Crippen molar-refractivity contribution in [2.75, 3.05) is 13.6 Å². The third-order valence-electron chi connectivity index (χ3n) is 4.05. The number of nitrogens with one attached hydrogen (secondary N) is 2. The lowest BCUT2D eigenvalue weighted by molar-refractivity contribution is 0.562. The van der Waals surface area contributed by atoms with Crippen LogP contribution < -0.4 is 10.6 Å². The molecular weight excluding hydrogens is 471 g/mol. The van der Waals surface area contributed by atoms with Crippen molar-refractivity contribution in [1.82, 2.24) is 25.4 Å². The van der Waals surface area contributed by atoms with E-state index < -0.39 is 0 Å². The van der Waals surface area contributed by atoms with Crippen LogP contribution in [0.4, 0.5) is 0 Å². The molecule has 1 atom stereocenters. The van der Waals surface area contributed by atoms with Crippen LogP contribution in [-0.2, 0) is 13.0 Å². The van der Waals surface area contributed by atoms with Crippen LogP contribution in [0.3, 0.4) is 0 Å². The SMILES string of the molecule is CN=C(NCc1ccc(-n2cncn2)cc1)NCC(C)Cc1cccs1.I. The van der Waals surface area contributed by atoms with E-state index in [9.17, 15) is 0 Å². The Hall–Kier alpha value is -1.94. The summed E-state index contributed by atoms with van der Waals surface area (Å²) in [6.07, 6.45) is 4.31. The van der Waals surface area contributed by atoms with Gasteiger partial charge in [-0.2, -0.15) is 5.10 Å². The Morgan fingerprint density at radius 3 is 2.67 bits per heavy atom.